The number of nitrogens with two attached hydrogens (primary N) is 2. The summed E-state index contributed by atoms with van der Waals surface area (Å²) in [6.07, 6.45) is 2.43. The number of thiazole rings is 1. The zero-order chi connectivity index (χ0) is 13.8. The fourth-order valence-electron chi connectivity index (χ4n) is 1.63. The van der Waals surface area contributed by atoms with Gasteiger partial charge in [0.1, 0.15) is 10.8 Å². The molecule has 1 atom stereocenters. The van der Waals surface area contributed by atoms with Gasteiger partial charge in [0.05, 0.1) is 10.9 Å². The molecule has 0 radical (unpaired) electrons. The van der Waals surface area contributed by atoms with Gasteiger partial charge in [-0.2, -0.15) is 0 Å². The van der Waals surface area contributed by atoms with Crippen LogP contribution in [-0.2, 0) is 4.79 Å². The topological polar surface area (TPSA) is 82.0 Å². The molecule has 0 spiro atoms. The molecule has 6 heteroatoms. The van der Waals surface area contributed by atoms with E-state index in [2.05, 4.69) is 4.98 Å². The van der Waals surface area contributed by atoms with Gasteiger partial charge in [-0.15, -0.1) is 11.3 Å². The highest BCUT2D eigenvalue weighted by Gasteiger charge is 2.13. The van der Waals surface area contributed by atoms with Gasteiger partial charge in [0.2, 0.25) is 5.91 Å². The number of carbonyl (C=O) groups is 1. The van der Waals surface area contributed by atoms with Crippen molar-refractivity contribution >= 4 is 17.2 Å². The van der Waals surface area contributed by atoms with Crippen LogP contribution in [0.3, 0.4) is 0 Å². The SMILES string of the molecule is NC(=O)CCC(N)c1ncc(-c2ccc(F)cc2)s1. The van der Waals surface area contributed by atoms with Crippen LogP contribution in [-0.4, -0.2) is 10.9 Å². The molecule has 0 bridgehead atoms. The van der Waals surface area contributed by atoms with Crippen LogP contribution in [0.5, 0.6) is 0 Å². The molecule has 0 aliphatic carbocycles. The van der Waals surface area contributed by atoms with Crippen LogP contribution in [0.2, 0.25) is 0 Å². The molecule has 0 fully saturated rings. The Morgan fingerprint density at radius 2 is 2.05 bits per heavy atom. The number of rotatable bonds is 5. The summed E-state index contributed by atoms with van der Waals surface area (Å²) in [5.74, 6) is -0.641. The molecule has 0 saturated heterocycles. The maximum atomic E-state index is 12.8. The molecule has 1 unspecified atom stereocenters. The first-order chi connectivity index (χ1) is 9.06. The summed E-state index contributed by atoms with van der Waals surface area (Å²) in [6, 6.07) is 5.90. The second kappa shape index (κ2) is 5.90. The predicted octanol–water partition coefficient (Wildman–Crippen LogP) is 2.21. The van der Waals surface area contributed by atoms with E-state index in [9.17, 15) is 9.18 Å². The number of amides is 1. The fourth-order valence-corrected chi connectivity index (χ4v) is 2.59. The lowest BCUT2D eigenvalue weighted by Crippen LogP contribution is -2.16. The molecule has 4 nitrogen and oxygen atoms in total. The monoisotopic (exact) mass is 279 g/mol. The molecule has 1 aromatic carbocycles. The molecular weight excluding hydrogens is 265 g/mol. The lowest BCUT2D eigenvalue weighted by atomic mass is 10.2. The number of hydrogen-bond donors (Lipinski definition) is 2. The normalized spacial score (nSPS) is 12.3. The van der Waals surface area contributed by atoms with Crippen molar-refractivity contribution in [3.05, 3.63) is 41.3 Å². The van der Waals surface area contributed by atoms with Crippen molar-refractivity contribution in [2.75, 3.05) is 0 Å². The van der Waals surface area contributed by atoms with E-state index in [0.717, 1.165) is 15.4 Å². The number of benzene rings is 1. The van der Waals surface area contributed by atoms with E-state index in [1.54, 1.807) is 18.3 Å². The smallest absolute Gasteiger partial charge is 0.217 e. The highest BCUT2D eigenvalue weighted by atomic mass is 32.1. The first-order valence-electron chi connectivity index (χ1n) is 5.82. The molecule has 1 amide bonds. The third-order valence-corrected chi connectivity index (χ3v) is 3.85. The minimum absolute atomic E-state index is 0.243. The number of hydrogen-bond acceptors (Lipinski definition) is 4. The van der Waals surface area contributed by atoms with E-state index in [-0.39, 0.29) is 24.2 Å². The molecule has 19 heavy (non-hydrogen) atoms. The van der Waals surface area contributed by atoms with Gasteiger partial charge in [0.25, 0.3) is 0 Å². The van der Waals surface area contributed by atoms with Gasteiger partial charge < -0.3 is 11.5 Å². The Labute approximate surface area is 114 Å². The van der Waals surface area contributed by atoms with Gasteiger partial charge in [-0.25, -0.2) is 9.37 Å². The van der Waals surface area contributed by atoms with E-state index in [1.165, 1.54) is 23.5 Å². The van der Waals surface area contributed by atoms with E-state index >= 15 is 0 Å². The maximum absolute atomic E-state index is 12.8. The average Bonchev–Trinajstić information content (AvgIpc) is 2.86. The zero-order valence-corrected chi connectivity index (χ0v) is 11.0. The molecule has 100 valence electrons. The quantitative estimate of drug-likeness (QED) is 0.880. The Hall–Kier alpha value is -1.79. The first kappa shape index (κ1) is 13.6. The summed E-state index contributed by atoms with van der Waals surface area (Å²) in [5.41, 5.74) is 11.9. The molecule has 1 heterocycles. The van der Waals surface area contributed by atoms with Gasteiger partial charge in [-0.1, -0.05) is 12.1 Å². The van der Waals surface area contributed by atoms with E-state index < -0.39 is 0 Å². The summed E-state index contributed by atoms with van der Waals surface area (Å²) in [7, 11) is 0. The predicted molar refractivity (Wildman–Crippen MR) is 72.9 cm³/mol. The van der Waals surface area contributed by atoms with Gasteiger partial charge >= 0.3 is 0 Å². The minimum atomic E-state index is -0.370. The van der Waals surface area contributed by atoms with Crippen molar-refractivity contribution in [1.29, 1.82) is 0 Å². The second-order valence-corrected chi connectivity index (χ2v) is 5.24. The zero-order valence-electron chi connectivity index (χ0n) is 10.2. The Kier molecular flexibility index (Phi) is 4.24. The summed E-state index contributed by atoms with van der Waals surface area (Å²) in [4.78, 5) is 15.9. The van der Waals surface area contributed by atoms with Crippen LogP contribution in [0.25, 0.3) is 10.4 Å². The third kappa shape index (κ3) is 3.59. The molecule has 4 N–H and O–H groups in total. The van der Waals surface area contributed by atoms with Crippen molar-refractivity contribution in [3.8, 4) is 10.4 Å². The Morgan fingerprint density at radius 1 is 1.37 bits per heavy atom. The number of halogens is 1. The Bertz CT molecular complexity index is 568. The van der Waals surface area contributed by atoms with Crippen molar-refractivity contribution in [2.24, 2.45) is 11.5 Å². The number of nitrogens with zero attached hydrogens (tertiary/aromatic N) is 1. The molecular formula is C13H14FN3OS. The largest absolute Gasteiger partial charge is 0.370 e. The fraction of sp³-hybridized carbons (Fsp3) is 0.231. The van der Waals surface area contributed by atoms with Crippen LogP contribution in [0.4, 0.5) is 4.39 Å². The van der Waals surface area contributed by atoms with Gasteiger partial charge in [0, 0.05) is 12.6 Å². The molecule has 2 rings (SSSR count). The van der Waals surface area contributed by atoms with E-state index in [4.69, 9.17) is 11.5 Å². The van der Waals surface area contributed by atoms with Crippen LogP contribution >= 0.6 is 11.3 Å². The second-order valence-electron chi connectivity index (χ2n) is 4.18. The Balaban J connectivity index is 2.10. The van der Waals surface area contributed by atoms with Crippen molar-refractivity contribution in [1.82, 2.24) is 4.98 Å². The maximum Gasteiger partial charge on any atom is 0.217 e. The third-order valence-electron chi connectivity index (χ3n) is 2.67. The van der Waals surface area contributed by atoms with Crippen LogP contribution in [0.15, 0.2) is 30.5 Å². The first-order valence-corrected chi connectivity index (χ1v) is 6.63. The summed E-state index contributed by atoms with van der Waals surface area (Å²) >= 11 is 1.44. The number of carbonyl (C=O) groups excluding carboxylic acids is 1. The lowest BCUT2D eigenvalue weighted by Gasteiger charge is -2.05. The average molecular weight is 279 g/mol. The van der Waals surface area contributed by atoms with Crippen LogP contribution in [0.1, 0.15) is 23.9 Å². The lowest BCUT2D eigenvalue weighted by molar-refractivity contribution is -0.118. The summed E-state index contributed by atoms with van der Waals surface area (Å²) in [5, 5.41) is 0.751. The molecule has 0 saturated carbocycles. The van der Waals surface area contributed by atoms with Crippen LogP contribution < -0.4 is 11.5 Å². The molecule has 2 aromatic rings. The number of aromatic nitrogens is 1. The van der Waals surface area contributed by atoms with E-state index in [0.29, 0.717) is 6.42 Å². The summed E-state index contributed by atoms with van der Waals surface area (Å²) in [6.45, 7) is 0. The standard InChI is InChI=1S/C13H14FN3OS/c14-9-3-1-8(2-4-9)11-7-17-13(19-11)10(15)5-6-12(16)18/h1-4,7,10H,5-6,15H2,(H2,16,18). The van der Waals surface area contributed by atoms with Gasteiger partial charge in [-0.3, -0.25) is 4.79 Å². The summed E-state index contributed by atoms with van der Waals surface area (Å²) < 4.78 is 12.8. The minimum Gasteiger partial charge on any atom is -0.370 e. The van der Waals surface area contributed by atoms with Crippen molar-refractivity contribution in [2.45, 2.75) is 18.9 Å². The van der Waals surface area contributed by atoms with E-state index in [1.807, 2.05) is 0 Å². The van der Waals surface area contributed by atoms with Crippen molar-refractivity contribution < 1.29 is 9.18 Å². The molecule has 0 aliphatic heterocycles. The molecule has 0 aliphatic rings. The highest BCUT2D eigenvalue weighted by Crippen LogP contribution is 2.29. The highest BCUT2D eigenvalue weighted by molar-refractivity contribution is 7.15. The van der Waals surface area contributed by atoms with Crippen molar-refractivity contribution in [3.63, 3.8) is 0 Å². The number of primary amides is 1. The molecule has 1 aromatic heterocycles. The Morgan fingerprint density at radius 3 is 2.68 bits per heavy atom. The van der Waals surface area contributed by atoms with Gasteiger partial charge in [-0.05, 0) is 24.1 Å². The van der Waals surface area contributed by atoms with Crippen LogP contribution in [0, 0.1) is 5.82 Å². The van der Waals surface area contributed by atoms with Gasteiger partial charge in [0.15, 0.2) is 0 Å².